The van der Waals surface area contributed by atoms with Gasteiger partial charge in [-0.1, -0.05) is 18.2 Å². The van der Waals surface area contributed by atoms with Crippen molar-refractivity contribution in [1.82, 2.24) is 9.97 Å². The first kappa shape index (κ1) is 19.2. The van der Waals surface area contributed by atoms with E-state index in [4.69, 9.17) is 9.47 Å². The van der Waals surface area contributed by atoms with Crippen molar-refractivity contribution in [2.24, 2.45) is 0 Å². The Morgan fingerprint density at radius 3 is 2.43 bits per heavy atom. The van der Waals surface area contributed by atoms with Crippen LogP contribution in [0, 0.1) is 6.92 Å². The minimum Gasteiger partial charge on any atom is -0.497 e. The lowest BCUT2D eigenvalue weighted by Gasteiger charge is -2.10. The first-order chi connectivity index (χ1) is 13.6. The fourth-order valence-electron chi connectivity index (χ4n) is 2.61. The van der Waals surface area contributed by atoms with Crippen molar-refractivity contribution in [3.63, 3.8) is 0 Å². The van der Waals surface area contributed by atoms with E-state index in [2.05, 4.69) is 20.6 Å². The number of methoxy groups -OCH3 is 2. The highest BCUT2D eigenvalue weighted by Crippen LogP contribution is 2.18. The number of aromatic nitrogens is 2. The number of nitrogens with one attached hydrogen (secondary N) is 2. The highest BCUT2D eigenvalue weighted by Gasteiger charge is 2.11. The Morgan fingerprint density at radius 2 is 1.71 bits per heavy atom. The maximum Gasteiger partial charge on any atom is 0.274 e. The summed E-state index contributed by atoms with van der Waals surface area (Å²) in [4.78, 5) is 21.2. The number of carbonyl (C=O) groups excluding carboxylic acids is 1. The van der Waals surface area contributed by atoms with Crippen LogP contribution >= 0.6 is 0 Å². The Bertz CT molecular complexity index is 958. The first-order valence-electron chi connectivity index (χ1n) is 8.75. The summed E-state index contributed by atoms with van der Waals surface area (Å²) in [6, 6.07) is 16.5. The normalized spacial score (nSPS) is 10.2. The number of benzene rings is 2. The highest BCUT2D eigenvalue weighted by atomic mass is 16.5. The van der Waals surface area contributed by atoms with Crippen LogP contribution in [0.2, 0.25) is 0 Å². The molecule has 0 saturated heterocycles. The minimum atomic E-state index is -0.314. The van der Waals surface area contributed by atoms with Crippen molar-refractivity contribution < 1.29 is 14.3 Å². The van der Waals surface area contributed by atoms with Crippen LogP contribution in [0.4, 0.5) is 11.5 Å². The van der Waals surface area contributed by atoms with E-state index in [0.29, 0.717) is 29.6 Å². The Hall–Kier alpha value is -3.61. The van der Waals surface area contributed by atoms with Crippen LogP contribution in [0.5, 0.6) is 11.5 Å². The van der Waals surface area contributed by atoms with Crippen molar-refractivity contribution in [3.8, 4) is 11.5 Å². The molecule has 3 aromatic rings. The largest absolute Gasteiger partial charge is 0.497 e. The van der Waals surface area contributed by atoms with E-state index >= 15 is 0 Å². The van der Waals surface area contributed by atoms with Gasteiger partial charge in [-0.15, -0.1) is 0 Å². The number of ether oxygens (including phenoxy) is 2. The third kappa shape index (κ3) is 4.97. The summed E-state index contributed by atoms with van der Waals surface area (Å²) in [5.74, 6) is 2.25. The molecular weight excluding hydrogens is 356 g/mol. The van der Waals surface area contributed by atoms with Gasteiger partial charge in [0.25, 0.3) is 5.91 Å². The molecule has 7 nitrogen and oxygen atoms in total. The average Bonchev–Trinajstić information content (AvgIpc) is 2.72. The number of carbonyl (C=O) groups is 1. The van der Waals surface area contributed by atoms with Gasteiger partial charge in [0.05, 0.1) is 14.2 Å². The van der Waals surface area contributed by atoms with Crippen molar-refractivity contribution in [2.75, 3.05) is 24.9 Å². The molecule has 3 rings (SSSR count). The number of rotatable bonds is 7. The number of amides is 1. The maximum absolute atomic E-state index is 12.6. The summed E-state index contributed by atoms with van der Waals surface area (Å²) in [7, 11) is 3.21. The van der Waals surface area contributed by atoms with Crippen LogP contribution in [-0.2, 0) is 6.54 Å². The van der Waals surface area contributed by atoms with Crippen LogP contribution in [0.3, 0.4) is 0 Å². The molecule has 1 aromatic heterocycles. The molecule has 0 fully saturated rings. The second kappa shape index (κ2) is 8.85. The topological polar surface area (TPSA) is 85.4 Å². The number of anilines is 2. The minimum absolute atomic E-state index is 0.285. The lowest BCUT2D eigenvalue weighted by Crippen LogP contribution is -2.16. The maximum atomic E-state index is 12.6. The molecule has 2 N–H and O–H groups in total. The summed E-state index contributed by atoms with van der Waals surface area (Å²) in [6.45, 7) is 2.32. The smallest absolute Gasteiger partial charge is 0.274 e. The standard InChI is InChI=1S/C21H22N4O3/c1-14-23-19(21(26)25-16-5-4-6-18(11-16)28-3)12-20(24-14)22-13-15-7-9-17(27-2)10-8-15/h4-12H,13H2,1-3H3,(H,25,26)(H,22,23,24). The van der Waals surface area contributed by atoms with Gasteiger partial charge in [0, 0.05) is 24.4 Å². The third-order valence-electron chi connectivity index (χ3n) is 4.03. The van der Waals surface area contributed by atoms with Gasteiger partial charge in [0.15, 0.2) is 0 Å². The van der Waals surface area contributed by atoms with Gasteiger partial charge in [-0.05, 0) is 36.8 Å². The zero-order valence-electron chi connectivity index (χ0n) is 16.0. The first-order valence-corrected chi connectivity index (χ1v) is 8.75. The zero-order valence-corrected chi connectivity index (χ0v) is 16.0. The summed E-state index contributed by atoms with van der Waals surface area (Å²) >= 11 is 0. The predicted molar refractivity (Wildman–Crippen MR) is 108 cm³/mol. The Labute approximate surface area is 163 Å². The van der Waals surface area contributed by atoms with Gasteiger partial charge in [-0.2, -0.15) is 0 Å². The second-order valence-electron chi connectivity index (χ2n) is 6.07. The Balaban J connectivity index is 1.70. The van der Waals surface area contributed by atoms with Gasteiger partial charge < -0.3 is 20.1 Å². The molecule has 0 aliphatic heterocycles. The van der Waals surface area contributed by atoms with Crippen LogP contribution in [0.25, 0.3) is 0 Å². The Kier molecular flexibility index (Phi) is 6.06. The van der Waals surface area contributed by atoms with Crippen LogP contribution in [0.1, 0.15) is 21.9 Å². The quantitative estimate of drug-likeness (QED) is 0.653. The third-order valence-corrected chi connectivity index (χ3v) is 4.03. The lowest BCUT2D eigenvalue weighted by atomic mass is 10.2. The lowest BCUT2D eigenvalue weighted by molar-refractivity contribution is 0.102. The molecule has 0 unspecified atom stereocenters. The van der Waals surface area contributed by atoms with Gasteiger partial charge in [-0.25, -0.2) is 9.97 Å². The summed E-state index contributed by atoms with van der Waals surface area (Å²) in [5, 5.41) is 6.05. The molecule has 0 saturated carbocycles. The van der Waals surface area contributed by atoms with E-state index in [1.807, 2.05) is 36.4 Å². The number of nitrogens with zero attached hydrogens (tertiary/aromatic N) is 2. The molecule has 0 atom stereocenters. The van der Waals surface area contributed by atoms with E-state index < -0.39 is 0 Å². The molecule has 0 aliphatic rings. The molecule has 0 bridgehead atoms. The molecule has 0 spiro atoms. The van der Waals surface area contributed by atoms with E-state index in [1.165, 1.54) is 0 Å². The summed E-state index contributed by atoms with van der Waals surface area (Å²) in [6.07, 6.45) is 0. The number of aryl methyl sites for hydroxylation is 1. The van der Waals surface area contributed by atoms with Crippen molar-refractivity contribution in [2.45, 2.75) is 13.5 Å². The fourth-order valence-corrected chi connectivity index (χ4v) is 2.61. The number of hydrogen-bond donors (Lipinski definition) is 2. The van der Waals surface area contributed by atoms with Gasteiger partial charge >= 0.3 is 0 Å². The zero-order chi connectivity index (χ0) is 19.9. The van der Waals surface area contributed by atoms with E-state index in [-0.39, 0.29) is 11.6 Å². The number of hydrogen-bond acceptors (Lipinski definition) is 6. The van der Waals surface area contributed by atoms with Crippen LogP contribution in [0.15, 0.2) is 54.6 Å². The molecule has 0 aliphatic carbocycles. The summed E-state index contributed by atoms with van der Waals surface area (Å²) in [5.41, 5.74) is 1.99. The van der Waals surface area contributed by atoms with Crippen LogP contribution < -0.4 is 20.1 Å². The van der Waals surface area contributed by atoms with E-state index in [1.54, 1.807) is 39.3 Å². The van der Waals surface area contributed by atoms with E-state index in [9.17, 15) is 4.79 Å². The van der Waals surface area contributed by atoms with Crippen molar-refractivity contribution in [1.29, 1.82) is 0 Å². The second-order valence-corrected chi connectivity index (χ2v) is 6.07. The highest BCUT2D eigenvalue weighted by molar-refractivity contribution is 6.03. The SMILES string of the molecule is COc1ccc(CNc2cc(C(=O)Nc3cccc(OC)c3)nc(C)n2)cc1. The molecule has 1 heterocycles. The van der Waals surface area contributed by atoms with Gasteiger partial charge in [-0.3, -0.25) is 4.79 Å². The van der Waals surface area contributed by atoms with Gasteiger partial charge in [0.2, 0.25) is 0 Å². The molecule has 1 amide bonds. The molecule has 144 valence electrons. The molecule has 7 heteroatoms. The molecule has 28 heavy (non-hydrogen) atoms. The van der Waals surface area contributed by atoms with Crippen molar-refractivity contribution in [3.05, 3.63) is 71.7 Å². The monoisotopic (exact) mass is 378 g/mol. The molecule has 0 radical (unpaired) electrons. The Morgan fingerprint density at radius 1 is 0.964 bits per heavy atom. The average molecular weight is 378 g/mol. The fraction of sp³-hybridized carbons (Fsp3) is 0.190. The predicted octanol–water partition coefficient (Wildman–Crippen LogP) is 3.67. The molecular formula is C21H22N4O3. The summed E-state index contributed by atoms with van der Waals surface area (Å²) < 4.78 is 10.3. The van der Waals surface area contributed by atoms with Crippen molar-refractivity contribution >= 4 is 17.4 Å². The van der Waals surface area contributed by atoms with Gasteiger partial charge in [0.1, 0.15) is 28.8 Å². The van der Waals surface area contributed by atoms with E-state index in [0.717, 1.165) is 11.3 Å². The molecule has 2 aromatic carbocycles. The van der Waals surface area contributed by atoms with Crippen LogP contribution in [-0.4, -0.2) is 30.1 Å².